The first kappa shape index (κ1) is 12.9. The molecule has 0 N–H and O–H groups in total. The van der Waals surface area contributed by atoms with Crippen molar-refractivity contribution in [2.24, 2.45) is 0 Å². The van der Waals surface area contributed by atoms with E-state index >= 15 is 0 Å². The van der Waals surface area contributed by atoms with Gasteiger partial charge in [0.2, 0.25) is 0 Å². The van der Waals surface area contributed by atoms with Gasteiger partial charge in [-0.2, -0.15) is 0 Å². The van der Waals surface area contributed by atoms with E-state index in [0.29, 0.717) is 23.5 Å². The molecule has 0 atom stereocenters. The standard InChI is InChI=1S/C14H16ClFN2O/c1-2-19-10-6-9(7-10)18-12-5-3-4-11(16)14(12)17-13(18)8-15/h3-5,9-10H,2,6-8H2,1H3. The molecule has 1 aromatic carbocycles. The summed E-state index contributed by atoms with van der Waals surface area (Å²) in [6.07, 6.45) is 2.20. The third-order valence-corrected chi connectivity index (χ3v) is 3.94. The number of hydrogen-bond acceptors (Lipinski definition) is 2. The van der Waals surface area contributed by atoms with Crippen molar-refractivity contribution >= 4 is 22.6 Å². The van der Waals surface area contributed by atoms with Gasteiger partial charge < -0.3 is 9.30 Å². The summed E-state index contributed by atoms with van der Waals surface area (Å²) < 4.78 is 21.4. The van der Waals surface area contributed by atoms with Crippen LogP contribution in [-0.2, 0) is 10.6 Å². The zero-order valence-electron chi connectivity index (χ0n) is 10.8. The van der Waals surface area contributed by atoms with E-state index in [9.17, 15) is 4.39 Å². The predicted octanol–water partition coefficient (Wildman–Crippen LogP) is 3.65. The Balaban J connectivity index is 1.96. The number of ether oxygens (including phenoxy) is 1. The molecule has 1 fully saturated rings. The van der Waals surface area contributed by atoms with Crippen LogP contribution in [-0.4, -0.2) is 22.3 Å². The van der Waals surface area contributed by atoms with Crippen molar-refractivity contribution in [2.75, 3.05) is 6.61 Å². The van der Waals surface area contributed by atoms with Crippen LogP contribution in [0.4, 0.5) is 4.39 Å². The van der Waals surface area contributed by atoms with Gasteiger partial charge in [-0.25, -0.2) is 9.37 Å². The van der Waals surface area contributed by atoms with Gasteiger partial charge in [-0.1, -0.05) is 6.07 Å². The maximum atomic E-state index is 13.8. The van der Waals surface area contributed by atoms with Crippen LogP contribution in [0.3, 0.4) is 0 Å². The third kappa shape index (κ3) is 2.13. The lowest BCUT2D eigenvalue weighted by atomic mass is 9.88. The van der Waals surface area contributed by atoms with E-state index in [2.05, 4.69) is 9.55 Å². The molecule has 0 aliphatic heterocycles. The SMILES string of the molecule is CCOC1CC(n2c(CCl)nc3c(F)cccc32)C1. The zero-order chi connectivity index (χ0) is 13.4. The summed E-state index contributed by atoms with van der Waals surface area (Å²) in [5.41, 5.74) is 1.24. The van der Waals surface area contributed by atoms with Gasteiger partial charge in [0, 0.05) is 12.6 Å². The Bertz CT molecular complexity index is 592. The molecule has 1 aromatic heterocycles. The van der Waals surface area contributed by atoms with Crippen LogP contribution in [0.25, 0.3) is 11.0 Å². The summed E-state index contributed by atoms with van der Waals surface area (Å²) in [6.45, 7) is 2.73. The van der Waals surface area contributed by atoms with Crippen molar-refractivity contribution < 1.29 is 9.13 Å². The van der Waals surface area contributed by atoms with Crippen molar-refractivity contribution in [3.05, 3.63) is 29.8 Å². The van der Waals surface area contributed by atoms with Crippen LogP contribution in [0.1, 0.15) is 31.6 Å². The zero-order valence-corrected chi connectivity index (χ0v) is 11.5. The van der Waals surface area contributed by atoms with Gasteiger partial charge in [-0.05, 0) is 31.9 Å². The lowest BCUT2D eigenvalue weighted by Gasteiger charge is -2.36. The number of fused-ring (bicyclic) bond motifs is 1. The number of benzene rings is 1. The molecular weight excluding hydrogens is 267 g/mol. The number of aromatic nitrogens is 2. The maximum Gasteiger partial charge on any atom is 0.151 e. The Labute approximate surface area is 116 Å². The van der Waals surface area contributed by atoms with Gasteiger partial charge in [-0.15, -0.1) is 11.6 Å². The van der Waals surface area contributed by atoms with Crippen LogP contribution in [0.5, 0.6) is 0 Å². The normalized spacial score (nSPS) is 22.7. The van der Waals surface area contributed by atoms with E-state index in [-0.39, 0.29) is 5.82 Å². The van der Waals surface area contributed by atoms with Crippen LogP contribution in [0.15, 0.2) is 18.2 Å². The molecule has 19 heavy (non-hydrogen) atoms. The van der Waals surface area contributed by atoms with Crippen molar-refractivity contribution in [1.29, 1.82) is 0 Å². The minimum atomic E-state index is -0.289. The molecule has 3 rings (SSSR count). The van der Waals surface area contributed by atoms with Crippen molar-refractivity contribution in [3.63, 3.8) is 0 Å². The van der Waals surface area contributed by atoms with E-state index < -0.39 is 0 Å². The minimum Gasteiger partial charge on any atom is -0.378 e. The molecule has 2 aromatic rings. The second-order valence-electron chi connectivity index (χ2n) is 4.84. The Morgan fingerprint density at radius 2 is 2.26 bits per heavy atom. The van der Waals surface area contributed by atoms with Crippen molar-refractivity contribution in [2.45, 2.75) is 37.8 Å². The second-order valence-corrected chi connectivity index (χ2v) is 5.11. The van der Waals surface area contributed by atoms with Crippen LogP contribution in [0, 0.1) is 5.82 Å². The lowest BCUT2D eigenvalue weighted by molar-refractivity contribution is -0.0192. The molecule has 1 saturated carbocycles. The summed E-state index contributed by atoms with van der Waals surface area (Å²) in [5, 5.41) is 0. The fraction of sp³-hybridized carbons (Fsp3) is 0.500. The van der Waals surface area contributed by atoms with Crippen molar-refractivity contribution in [1.82, 2.24) is 9.55 Å². The van der Waals surface area contributed by atoms with E-state index in [0.717, 1.165) is 30.8 Å². The summed E-state index contributed by atoms with van der Waals surface area (Å²) >= 11 is 5.94. The van der Waals surface area contributed by atoms with Crippen LogP contribution < -0.4 is 0 Å². The Kier molecular flexibility index (Phi) is 3.46. The molecule has 0 bridgehead atoms. The largest absolute Gasteiger partial charge is 0.378 e. The average Bonchev–Trinajstić information content (AvgIpc) is 2.73. The number of hydrogen-bond donors (Lipinski definition) is 0. The summed E-state index contributed by atoms with van der Waals surface area (Å²) in [5.74, 6) is 0.745. The number of rotatable bonds is 4. The molecule has 1 aliphatic rings. The number of para-hydroxylation sites is 1. The van der Waals surface area contributed by atoms with Gasteiger partial charge in [0.25, 0.3) is 0 Å². The first-order valence-corrected chi connectivity index (χ1v) is 7.11. The Morgan fingerprint density at radius 1 is 1.47 bits per heavy atom. The molecule has 0 radical (unpaired) electrons. The predicted molar refractivity (Wildman–Crippen MR) is 72.9 cm³/mol. The molecule has 5 heteroatoms. The summed E-state index contributed by atoms with van der Waals surface area (Å²) in [7, 11) is 0. The van der Waals surface area contributed by atoms with Gasteiger partial charge in [0.05, 0.1) is 17.5 Å². The highest BCUT2D eigenvalue weighted by Crippen LogP contribution is 2.38. The molecule has 0 saturated heterocycles. The topological polar surface area (TPSA) is 27.1 Å². The fourth-order valence-electron chi connectivity index (χ4n) is 2.75. The maximum absolute atomic E-state index is 13.8. The van der Waals surface area contributed by atoms with E-state index in [4.69, 9.17) is 16.3 Å². The van der Waals surface area contributed by atoms with Gasteiger partial charge >= 0.3 is 0 Å². The van der Waals surface area contributed by atoms with E-state index in [1.165, 1.54) is 6.07 Å². The molecule has 1 heterocycles. The molecule has 0 unspecified atom stereocenters. The van der Waals surface area contributed by atoms with E-state index in [1.807, 2.05) is 13.0 Å². The monoisotopic (exact) mass is 282 g/mol. The molecule has 0 spiro atoms. The lowest BCUT2D eigenvalue weighted by Crippen LogP contribution is -2.34. The first-order chi connectivity index (χ1) is 9.24. The third-order valence-electron chi connectivity index (χ3n) is 3.70. The molecular formula is C14H16ClFN2O. The highest BCUT2D eigenvalue weighted by molar-refractivity contribution is 6.16. The number of imidazole rings is 1. The van der Waals surface area contributed by atoms with Gasteiger partial charge in [-0.3, -0.25) is 0 Å². The molecule has 102 valence electrons. The number of halogens is 2. The van der Waals surface area contributed by atoms with E-state index in [1.54, 1.807) is 6.07 Å². The number of alkyl halides is 1. The quantitative estimate of drug-likeness (QED) is 0.800. The van der Waals surface area contributed by atoms with Gasteiger partial charge in [0.15, 0.2) is 5.82 Å². The molecule has 1 aliphatic carbocycles. The second kappa shape index (κ2) is 5.10. The van der Waals surface area contributed by atoms with Gasteiger partial charge in [0.1, 0.15) is 11.3 Å². The minimum absolute atomic E-state index is 0.289. The fourth-order valence-corrected chi connectivity index (χ4v) is 2.94. The summed E-state index contributed by atoms with van der Waals surface area (Å²) in [4.78, 5) is 4.32. The molecule has 0 amide bonds. The first-order valence-electron chi connectivity index (χ1n) is 6.57. The molecule has 3 nitrogen and oxygen atoms in total. The summed E-state index contributed by atoms with van der Waals surface area (Å²) in [6, 6.07) is 5.36. The van der Waals surface area contributed by atoms with Crippen LogP contribution >= 0.6 is 11.6 Å². The Morgan fingerprint density at radius 3 is 2.95 bits per heavy atom. The van der Waals surface area contributed by atoms with Crippen LogP contribution in [0.2, 0.25) is 0 Å². The highest BCUT2D eigenvalue weighted by Gasteiger charge is 2.33. The van der Waals surface area contributed by atoms with Crippen molar-refractivity contribution in [3.8, 4) is 0 Å². The number of nitrogens with zero attached hydrogens (tertiary/aromatic N) is 2. The highest BCUT2D eigenvalue weighted by atomic mass is 35.5. The average molecular weight is 283 g/mol. The Hall–Kier alpha value is -1.13. The smallest absolute Gasteiger partial charge is 0.151 e.